The third-order valence-corrected chi connectivity index (χ3v) is 4.04. The first-order valence-corrected chi connectivity index (χ1v) is 7.29. The van der Waals surface area contributed by atoms with Gasteiger partial charge in [0.15, 0.2) is 6.10 Å². The van der Waals surface area contributed by atoms with Crippen molar-refractivity contribution in [3.8, 4) is 0 Å². The largest absolute Gasteiger partial charge is 0.378 e. The van der Waals surface area contributed by atoms with Gasteiger partial charge in [0, 0.05) is 30.9 Å². The second-order valence-corrected chi connectivity index (χ2v) is 5.45. The number of hydrogen-bond acceptors (Lipinski definition) is 4. The summed E-state index contributed by atoms with van der Waals surface area (Å²) in [6, 6.07) is 2.85. The van der Waals surface area contributed by atoms with Crippen LogP contribution in [0.25, 0.3) is 0 Å². The van der Waals surface area contributed by atoms with Gasteiger partial charge in [-0.25, -0.2) is 4.39 Å². The summed E-state index contributed by atoms with van der Waals surface area (Å²) >= 11 is 0. The molecule has 0 radical (unpaired) electrons. The van der Waals surface area contributed by atoms with Gasteiger partial charge in [0.05, 0.1) is 11.8 Å². The molecule has 2 atom stereocenters. The van der Waals surface area contributed by atoms with Crippen molar-refractivity contribution < 1.29 is 19.0 Å². The van der Waals surface area contributed by atoms with E-state index in [2.05, 4.69) is 5.32 Å². The van der Waals surface area contributed by atoms with E-state index < -0.39 is 17.8 Å². The molecule has 6 heteroatoms. The molecule has 1 amide bonds. The number of hydrogen-bond donors (Lipinski definition) is 2. The minimum absolute atomic E-state index is 0.108. The Hall–Kier alpha value is -1.66. The Morgan fingerprint density at radius 3 is 3.10 bits per heavy atom. The van der Waals surface area contributed by atoms with Crippen molar-refractivity contribution >= 4 is 17.3 Å². The van der Waals surface area contributed by atoms with Crippen molar-refractivity contribution in [1.29, 1.82) is 0 Å². The number of aliphatic hydroxyl groups is 1. The standard InChI is InChI=1S/C15H19FN2O3/c1-2-21-9-4-3-5-18(8-9)13-7-12-10(6-11(13)16)14(19)15(20)17-12/h6-7,9,14,19H,2-5,8H2,1H3,(H,17,20). The van der Waals surface area contributed by atoms with Crippen molar-refractivity contribution in [2.75, 3.05) is 29.9 Å². The molecule has 3 rings (SSSR count). The van der Waals surface area contributed by atoms with Crippen LogP contribution in [-0.2, 0) is 9.53 Å². The second-order valence-electron chi connectivity index (χ2n) is 5.45. The van der Waals surface area contributed by atoms with Gasteiger partial charge in [-0.2, -0.15) is 0 Å². The summed E-state index contributed by atoms with van der Waals surface area (Å²) in [5.41, 5.74) is 1.25. The smallest absolute Gasteiger partial charge is 0.257 e. The number of ether oxygens (including phenoxy) is 1. The normalized spacial score (nSPS) is 24.9. The zero-order valence-electron chi connectivity index (χ0n) is 11.9. The monoisotopic (exact) mass is 294 g/mol. The average molecular weight is 294 g/mol. The zero-order valence-corrected chi connectivity index (χ0v) is 11.9. The van der Waals surface area contributed by atoms with E-state index >= 15 is 0 Å². The minimum Gasteiger partial charge on any atom is -0.378 e. The van der Waals surface area contributed by atoms with Crippen LogP contribution in [0.1, 0.15) is 31.4 Å². The highest BCUT2D eigenvalue weighted by molar-refractivity contribution is 6.02. The number of carbonyl (C=O) groups is 1. The summed E-state index contributed by atoms with van der Waals surface area (Å²) in [7, 11) is 0. The summed E-state index contributed by atoms with van der Waals surface area (Å²) < 4.78 is 19.9. The predicted octanol–water partition coefficient (Wildman–Crippen LogP) is 1.82. The van der Waals surface area contributed by atoms with Crippen LogP contribution in [0, 0.1) is 5.82 Å². The molecule has 1 aromatic rings. The van der Waals surface area contributed by atoms with Crippen LogP contribution in [0.3, 0.4) is 0 Å². The van der Waals surface area contributed by atoms with Crippen molar-refractivity contribution in [3.63, 3.8) is 0 Å². The number of carbonyl (C=O) groups excluding carboxylic acids is 1. The van der Waals surface area contributed by atoms with E-state index in [1.54, 1.807) is 6.07 Å². The number of piperidine rings is 1. The molecule has 0 saturated carbocycles. The predicted molar refractivity (Wildman–Crippen MR) is 76.9 cm³/mol. The zero-order chi connectivity index (χ0) is 15.0. The molecule has 1 aromatic carbocycles. The molecule has 1 saturated heterocycles. The van der Waals surface area contributed by atoms with Crippen LogP contribution in [0.4, 0.5) is 15.8 Å². The van der Waals surface area contributed by atoms with Gasteiger partial charge in [-0.3, -0.25) is 4.79 Å². The third-order valence-electron chi connectivity index (χ3n) is 4.04. The highest BCUT2D eigenvalue weighted by Gasteiger charge is 2.31. The number of fused-ring (bicyclic) bond motifs is 1. The summed E-state index contributed by atoms with van der Waals surface area (Å²) in [4.78, 5) is 13.4. The minimum atomic E-state index is -1.28. The summed E-state index contributed by atoms with van der Waals surface area (Å²) in [5.74, 6) is -0.922. The van der Waals surface area contributed by atoms with Crippen LogP contribution in [0.2, 0.25) is 0 Å². The van der Waals surface area contributed by atoms with Crippen molar-refractivity contribution in [2.24, 2.45) is 0 Å². The van der Waals surface area contributed by atoms with E-state index in [4.69, 9.17) is 4.74 Å². The maximum atomic E-state index is 14.3. The molecule has 0 spiro atoms. The van der Waals surface area contributed by atoms with E-state index in [-0.39, 0.29) is 6.10 Å². The quantitative estimate of drug-likeness (QED) is 0.892. The number of nitrogens with one attached hydrogen (secondary N) is 1. The Kier molecular flexibility index (Phi) is 3.82. The Bertz CT molecular complexity index is 562. The van der Waals surface area contributed by atoms with E-state index in [1.807, 2.05) is 11.8 Å². The molecule has 2 aliphatic heterocycles. The Labute approximate surface area is 122 Å². The second kappa shape index (κ2) is 5.61. The Morgan fingerprint density at radius 1 is 1.52 bits per heavy atom. The maximum absolute atomic E-state index is 14.3. The first kappa shape index (κ1) is 14.3. The van der Waals surface area contributed by atoms with Gasteiger partial charge >= 0.3 is 0 Å². The molecule has 1 fully saturated rings. The Morgan fingerprint density at radius 2 is 2.33 bits per heavy atom. The molecule has 0 bridgehead atoms. The number of amides is 1. The van der Waals surface area contributed by atoms with E-state index in [0.29, 0.717) is 30.1 Å². The molecule has 2 aliphatic rings. The molecule has 2 N–H and O–H groups in total. The summed E-state index contributed by atoms with van der Waals surface area (Å²) in [6.07, 6.45) is 0.750. The number of nitrogens with zero attached hydrogens (tertiary/aromatic N) is 1. The fraction of sp³-hybridized carbons (Fsp3) is 0.533. The lowest BCUT2D eigenvalue weighted by Gasteiger charge is -2.34. The molecule has 21 heavy (non-hydrogen) atoms. The molecule has 114 valence electrons. The fourth-order valence-electron chi connectivity index (χ4n) is 3.03. The van der Waals surface area contributed by atoms with Crippen LogP contribution in [-0.4, -0.2) is 36.8 Å². The van der Waals surface area contributed by atoms with Gasteiger partial charge in [-0.1, -0.05) is 0 Å². The highest BCUT2D eigenvalue weighted by atomic mass is 19.1. The summed E-state index contributed by atoms with van der Waals surface area (Å²) in [5, 5.41) is 12.3. The van der Waals surface area contributed by atoms with Gasteiger partial charge in [-0.15, -0.1) is 0 Å². The van der Waals surface area contributed by atoms with E-state index in [1.165, 1.54) is 6.07 Å². The van der Waals surface area contributed by atoms with Crippen LogP contribution < -0.4 is 10.2 Å². The molecule has 0 aromatic heterocycles. The average Bonchev–Trinajstić information content (AvgIpc) is 2.74. The van der Waals surface area contributed by atoms with Gasteiger partial charge < -0.3 is 20.1 Å². The lowest BCUT2D eigenvalue weighted by molar-refractivity contribution is -0.123. The molecule has 2 heterocycles. The van der Waals surface area contributed by atoms with Gasteiger partial charge in [-0.05, 0) is 31.9 Å². The Balaban J connectivity index is 1.86. The van der Waals surface area contributed by atoms with Crippen molar-refractivity contribution in [2.45, 2.75) is 32.0 Å². The third kappa shape index (κ3) is 2.61. The first-order chi connectivity index (χ1) is 10.1. The highest BCUT2D eigenvalue weighted by Crippen LogP contribution is 2.36. The number of halogens is 1. The van der Waals surface area contributed by atoms with E-state index in [0.717, 1.165) is 19.4 Å². The molecule has 5 nitrogen and oxygen atoms in total. The number of benzene rings is 1. The number of rotatable bonds is 3. The number of anilines is 2. The van der Waals surface area contributed by atoms with Crippen molar-refractivity contribution in [1.82, 2.24) is 0 Å². The maximum Gasteiger partial charge on any atom is 0.257 e. The fourth-order valence-corrected chi connectivity index (χ4v) is 3.03. The molecular formula is C15H19FN2O3. The first-order valence-electron chi connectivity index (χ1n) is 7.29. The van der Waals surface area contributed by atoms with Crippen LogP contribution in [0.5, 0.6) is 0 Å². The lowest BCUT2D eigenvalue weighted by Crippen LogP contribution is -2.40. The molecule has 0 aliphatic carbocycles. The van der Waals surface area contributed by atoms with Gasteiger partial charge in [0.2, 0.25) is 0 Å². The van der Waals surface area contributed by atoms with Crippen LogP contribution >= 0.6 is 0 Å². The van der Waals surface area contributed by atoms with Gasteiger partial charge in [0.1, 0.15) is 5.82 Å². The lowest BCUT2D eigenvalue weighted by atomic mass is 10.0. The number of aliphatic hydroxyl groups excluding tert-OH is 1. The SMILES string of the molecule is CCOC1CCCN(c2cc3c(cc2F)C(O)C(=O)N3)C1. The molecule has 2 unspecified atom stereocenters. The summed E-state index contributed by atoms with van der Waals surface area (Å²) in [6.45, 7) is 4.00. The topological polar surface area (TPSA) is 61.8 Å². The molecular weight excluding hydrogens is 275 g/mol. The van der Waals surface area contributed by atoms with Crippen LogP contribution in [0.15, 0.2) is 12.1 Å². The van der Waals surface area contributed by atoms with Gasteiger partial charge in [0.25, 0.3) is 5.91 Å². The van der Waals surface area contributed by atoms with E-state index in [9.17, 15) is 14.3 Å². The van der Waals surface area contributed by atoms with Crippen molar-refractivity contribution in [3.05, 3.63) is 23.5 Å².